The van der Waals surface area contributed by atoms with Crippen LogP contribution in [0.4, 0.5) is 4.39 Å². The molecule has 1 aromatic carbocycles. The number of rotatable bonds is 6. The fourth-order valence-corrected chi connectivity index (χ4v) is 3.18. The predicted molar refractivity (Wildman–Crippen MR) is 91.9 cm³/mol. The Morgan fingerprint density at radius 1 is 1.21 bits per heavy atom. The van der Waals surface area contributed by atoms with Crippen molar-refractivity contribution in [2.24, 2.45) is 0 Å². The first-order valence-electron chi connectivity index (χ1n) is 8.49. The second-order valence-corrected chi connectivity index (χ2v) is 6.36. The summed E-state index contributed by atoms with van der Waals surface area (Å²) in [6.45, 7) is 3.34. The lowest BCUT2D eigenvalue weighted by molar-refractivity contribution is 0.146. The highest BCUT2D eigenvalue weighted by atomic mass is 19.1. The Kier molecular flexibility index (Phi) is 5.91. The Morgan fingerprint density at radius 3 is 2.71 bits per heavy atom. The molecule has 128 valence electrons. The minimum atomic E-state index is -0.806. The molecule has 1 fully saturated rings. The van der Waals surface area contributed by atoms with Crippen LogP contribution in [0.1, 0.15) is 30.1 Å². The standard InChI is InChI=1S/C19H24FN3O/c20-18-6-2-1-5-17(18)19(24)13-22-16-7-10-23(11-8-16)14-15-4-3-9-21-12-15/h1-6,9,12,16,19,22,24H,7-8,10-11,13-14H2. The first-order chi connectivity index (χ1) is 11.7. The summed E-state index contributed by atoms with van der Waals surface area (Å²) >= 11 is 0. The van der Waals surface area contributed by atoms with Gasteiger partial charge in [-0.05, 0) is 43.6 Å². The molecule has 0 saturated carbocycles. The van der Waals surface area contributed by atoms with E-state index in [0.717, 1.165) is 32.5 Å². The van der Waals surface area contributed by atoms with Gasteiger partial charge in [-0.25, -0.2) is 4.39 Å². The zero-order valence-electron chi connectivity index (χ0n) is 13.7. The molecule has 1 aromatic heterocycles. The van der Waals surface area contributed by atoms with Gasteiger partial charge >= 0.3 is 0 Å². The molecule has 0 spiro atoms. The van der Waals surface area contributed by atoms with E-state index in [1.165, 1.54) is 11.6 Å². The number of piperidine rings is 1. The molecule has 2 aromatic rings. The molecule has 0 bridgehead atoms. The number of likely N-dealkylation sites (tertiary alicyclic amines) is 1. The monoisotopic (exact) mass is 329 g/mol. The van der Waals surface area contributed by atoms with Gasteiger partial charge in [0.25, 0.3) is 0 Å². The average Bonchev–Trinajstić information content (AvgIpc) is 2.62. The van der Waals surface area contributed by atoms with E-state index in [1.807, 2.05) is 12.3 Å². The summed E-state index contributed by atoms with van der Waals surface area (Å²) in [7, 11) is 0. The van der Waals surface area contributed by atoms with Crippen LogP contribution in [0.3, 0.4) is 0 Å². The topological polar surface area (TPSA) is 48.4 Å². The van der Waals surface area contributed by atoms with Gasteiger partial charge in [-0.15, -0.1) is 0 Å². The second kappa shape index (κ2) is 8.33. The van der Waals surface area contributed by atoms with E-state index in [9.17, 15) is 9.50 Å². The molecule has 1 aliphatic heterocycles. The lowest BCUT2D eigenvalue weighted by atomic mass is 10.0. The summed E-state index contributed by atoms with van der Waals surface area (Å²) in [5.41, 5.74) is 1.60. The smallest absolute Gasteiger partial charge is 0.129 e. The zero-order chi connectivity index (χ0) is 16.8. The van der Waals surface area contributed by atoms with Crippen LogP contribution >= 0.6 is 0 Å². The quantitative estimate of drug-likeness (QED) is 0.855. The number of pyridine rings is 1. The molecule has 2 heterocycles. The van der Waals surface area contributed by atoms with Crippen molar-refractivity contribution in [3.05, 3.63) is 65.7 Å². The second-order valence-electron chi connectivity index (χ2n) is 6.36. The molecule has 0 amide bonds. The molecule has 1 unspecified atom stereocenters. The number of aliphatic hydroxyl groups is 1. The summed E-state index contributed by atoms with van der Waals surface area (Å²) in [5, 5.41) is 13.5. The SMILES string of the molecule is OC(CNC1CCN(Cc2cccnc2)CC1)c1ccccc1F. The van der Waals surface area contributed by atoms with Gasteiger partial charge < -0.3 is 10.4 Å². The summed E-state index contributed by atoms with van der Waals surface area (Å²) < 4.78 is 13.7. The average molecular weight is 329 g/mol. The fraction of sp³-hybridized carbons (Fsp3) is 0.421. The van der Waals surface area contributed by atoms with Crippen molar-refractivity contribution in [3.63, 3.8) is 0 Å². The largest absolute Gasteiger partial charge is 0.387 e. The number of benzene rings is 1. The first-order valence-corrected chi connectivity index (χ1v) is 8.49. The van der Waals surface area contributed by atoms with Crippen molar-refractivity contribution < 1.29 is 9.50 Å². The van der Waals surface area contributed by atoms with Crippen LogP contribution < -0.4 is 5.32 Å². The zero-order valence-corrected chi connectivity index (χ0v) is 13.7. The van der Waals surface area contributed by atoms with E-state index >= 15 is 0 Å². The minimum Gasteiger partial charge on any atom is -0.387 e. The maximum Gasteiger partial charge on any atom is 0.129 e. The van der Waals surface area contributed by atoms with Crippen LogP contribution in [0.25, 0.3) is 0 Å². The van der Waals surface area contributed by atoms with Crippen LogP contribution in [-0.2, 0) is 6.54 Å². The number of hydrogen-bond acceptors (Lipinski definition) is 4. The summed E-state index contributed by atoms with van der Waals surface area (Å²) in [6, 6.07) is 10.8. The van der Waals surface area contributed by atoms with Gasteiger partial charge in [0, 0.05) is 37.1 Å². The highest BCUT2D eigenvalue weighted by Gasteiger charge is 2.20. The van der Waals surface area contributed by atoms with Gasteiger partial charge in [0.1, 0.15) is 5.82 Å². The molecule has 0 radical (unpaired) electrons. The Bertz CT molecular complexity index is 630. The van der Waals surface area contributed by atoms with Crippen LogP contribution in [0.15, 0.2) is 48.8 Å². The minimum absolute atomic E-state index is 0.349. The number of aromatic nitrogens is 1. The fourth-order valence-electron chi connectivity index (χ4n) is 3.18. The van der Waals surface area contributed by atoms with Crippen molar-refractivity contribution in [1.29, 1.82) is 0 Å². The van der Waals surface area contributed by atoms with Gasteiger partial charge in [-0.1, -0.05) is 24.3 Å². The molecule has 2 N–H and O–H groups in total. The summed E-state index contributed by atoms with van der Waals surface area (Å²) in [6.07, 6.45) is 4.96. The van der Waals surface area contributed by atoms with Crippen molar-refractivity contribution in [2.45, 2.75) is 31.5 Å². The van der Waals surface area contributed by atoms with Crippen molar-refractivity contribution in [3.8, 4) is 0 Å². The molecule has 3 rings (SSSR count). The molecule has 1 atom stereocenters. The van der Waals surface area contributed by atoms with E-state index in [0.29, 0.717) is 18.2 Å². The molecule has 5 heteroatoms. The molecular formula is C19H24FN3O. The molecular weight excluding hydrogens is 305 g/mol. The van der Waals surface area contributed by atoms with Crippen LogP contribution in [0.2, 0.25) is 0 Å². The first kappa shape index (κ1) is 17.0. The third-order valence-electron chi connectivity index (χ3n) is 4.58. The van der Waals surface area contributed by atoms with Crippen molar-refractivity contribution >= 4 is 0 Å². The van der Waals surface area contributed by atoms with Crippen LogP contribution in [0.5, 0.6) is 0 Å². The Hall–Kier alpha value is -1.82. The van der Waals surface area contributed by atoms with E-state index < -0.39 is 6.10 Å². The van der Waals surface area contributed by atoms with Gasteiger partial charge in [-0.2, -0.15) is 0 Å². The predicted octanol–water partition coefficient (Wildman–Crippen LogP) is 2.51. The number of halogens is 1. The van der Waals surface area contributed by atoms with Gasteiger partial charge in [0.05, 0.1) is 6.10 Å². The molecule has 1 saturated heterocycles. The molecule has 0 aliphatic carbocycles. The molecule has 24 heavy (non-hydrogen) atoms. The van der Waals surface area contributed by atoms with Gasteiger partial charge in [-0.3, -0.25) is 9.88 Å². The maximum atomic E-state index is 13.7. The maximum absolute atomic E-state index is 13.7. The molecule has 4 nitrogen and oxygen atoms in total. The van der Waals surface area contributed by atoms with E-state index in [-0.39, 0.29) is 5.82 Å². The number of hydrogen-bond donors (Lipinski definition) is 2. The number of nitrogens with one attached hydrogen (secondary N) is 1. The van der Waals surface area contributed by atoms with Crippen molar-refractivity contribution in [1.82, 2.24) is 15.2 Å². The Morgan fingerprint density at radius 2 is 2.00 bits per heavy atom. The third-order valence-corrected chi connectivity index (χ3v) is 4.58. The Labute approximate surface area is 142 Å². The number of aliphatic hydroxyl groups excluding tert-OH is 1. The van der Waals surface area contributed by atoms with Crippen LogP contribution in [-0.4, -0.2) is 40.7 Å². The summed E-state index contributed by atoms with van der Waals surface area (Å²) in [4.78, 5) is 6.57. The van der Waals surface area contributed by atoms with E-state index in [1.54, 1.807) is 24.4 Å². The third kappa shape index (κ3) is 4.60. The Balaban J connectivity index is 1.42. The lowest BCUT2D eigenvalue weighted by Crippen LogP contribution is -2.43. The van der Waals surface area contributed by atoms with Crippen LogP contribution in [0, 0.1) is 5.82 Å². The van der Waals surface area contributed by atoms with Crippen molar-refractivity contribution in [2.75, 3.05) is 19.6 Å². The molecule has 1 aliphatic rings. The van der Waals surface area contributed by atoms with Gasteiger partial charge in [0.15, 0.2) is 0 Å². The van der Waals surface area contributed by atoms with E-state index in [2.05, 4.69) is 21.3 Å². The van der Waals surface area contributed by atoms with Gasteiger partial charge in [0.2, 0.25) is 0 Å². The highest BCUT2D eigenvalue weighted by molar-refractivity contribution is 5.20. The normalized spacial score (nSPS) is 17.8. The number of nitrogens with zero attached hydrogens (tertiary/aromatic N) is 2. The van der Waals surface area contributed by atoms with E-state index in [4.69, 9.17) is 0 Å². The lowest BCUT2D eigenvalue weighted by Gasteiger charge is -2.32. The highest BCUT2D eigenvalue weighted by Crippen LogP contribution is 2.18. The summed E-state index contributed by atoms with van der Waals surface area (Å²) in [5.74, 6) is -0.349.